The van der Waals surface area contributed by atoms with Crippen molar-refractivity contribution in [1.29, 1.82) is 0 Å². The third-order valence-corrected chi connectivity index (χ3v) is 3.18. The van der Waals surface area contributed by atoms with E-state index in [2.05, 4.69) is 0 Å². The second kappa shape index (κ2) is 2.06. The number of rotatable bonds is 0. The molecule has 13 heavy (non-hydrogen) atoms. The second-order valence-corrected chi connectivity index (χ2v) is 3.98. The van der Waals surface area contributed by atoms with Gasteiger partial charge in [0, 0.05) is 10.8 Å². The SMILES string of the molecule is O=c1c2sc=2c(=O)c2ccccc12. The highest BCUT2D eigenvalue weighted by Gasteiger charge is 2.12. The average Bonchev–Trinajstić information content (AvgIpc) is 2.94. The highest BCUT2D eigenvalue weighted by Crippen LogP contribution is 2.14. The predicted octanol–water partition coefficient (Wildman–Crippen LogP) is 1.22. The normalized spacial score (nSPS) is 11.7. The summed E-state index contributed by atoms with van der Waals surface area (Å²) in [7, 11) is 0. The molecule has 0 radical (unpaired) electrons. The van der Waals surface area contributed by atoms with Crippen molar-refractivity contribution in [2.24, 2.45) is 0 Å². The van der Waals surface area contributed by atoms with Gasteiger partial charge in [-0.25, -0.2) is 0 Å². The summed E-state index contributed by atoms with van der Waals surface area (Å²) in [6, 6.07) is 6.97. The first kappa shape index (κ1) is 6.97. The van der Waals surface area contributed by atoms with E-state index in [1.165, 1.54) is 11.3 Å². The number of hydrogen-bond acceptors (Lipinski definition) is 3. The van der Waals surface area contributed by atoms with E-state index in [9.17, 15) is 9.59 Å². The Labute approximate surface area is 76.4 Å². The van der Waals surface area contributed by atoms with Crippen molar-refractivity contribution in [2.45, 2.75) is 0 Å². The van der Waals surface area contributed by atoms with E-state index in [1.807, 2.05) is 0 Å². The van der Waals surface area contributed by atoms with Crippen molar-refractivity contribution in [3.8, 4) is 0 Å². The van der Waals surface area contributed by atoms with Gasteiger partial charge in [-0.15, -0.1) is 11.3 Å². The second-order valence-electron chi connectivity index (χ2n) is 2.96. The zero-order valence-corrected chi connectivity index (χ0v) is 7.35. The molecule has 0 aromatic heterocycles. The highest BCUT2D eigenvalue weighted by molar-refractivity contribution is 7.14. The van der Waals surface area contributed by atoms with Crippen molar-refractivity contribution in [3.05, 3.63) is 53.8 Å². The standard InChI is InChI=1S/C10H4O2S/c11-7-5-3-1-2-4-6(5)8(12)10-9(7)13-10/h1-4H. The van der Waals surface area contributed by atoms with Gasteiger partial charge in [-0.1, -0.05) is 24.3 Å². The van der Waals surface area contributed by atoms with Crippen molar-refractivity contribution in [2.75, 3.05) is 0 Å². The van der Waals surface area contributed by atoms with Crippen LogP contribution in [0.15, 0.2) is 33.9 Å². The molecule has 3 rings (SSSR count). The molecule has 0 atom stereocenters. The summed E-state index contributed by atoms with van der Waals surface area (Å²) in [4.78, 5) is 23.1. The van der Waals surface area contributed by atoms with E-state index >= 15 is 0 Å². The Kier molecular flexibility index (Phi) is 1.10. The maximum atomic E-state index is 11.6. The highest BCUT2D eigenvalue weighted by atomic mass is 32.1. The van der Waals surface area contributed by atoms with E-state index in [4.69, 9.17) is 0 Å². The van der Waals surface area contributed by atoms with Crippen LogP contribution in [0.2, 0.25) is 0 Å². The molecule has 0 saturated heterocycles. The molecule has 0 bridgehead atoms. The molecule has 0 N–H and O–H groups in total. The fraction of sp³-hybridized carbons (Fsp3) is 0. The lowest BCUT2D eigenvalue weighted by atomic mass is 10.1. The molecule has 1 aromatic carbocycles. The Hall–Kier alpha value is -1.48. The molecule has 0 amide bonds. The van der Waals surface area contributed by atoms with Gasteiger partial charge in [0.2, 0.25) is 10.9 Å². The molecule has 0 fully saturated rings. The summed E-state index contributed by atoms with van der Waals surface area (Å²) >= 11 is 1.31. The molecule has 1 heterocycles. The van der Waals surface area contributed by atoms with Gasteiger partial charge in [0.25, 0.3) is 0 Å². The van der Waals surface area contributed by atoms with Crippen LogP contribution in [0.4, 0.5) is 0 Å². The lowest BCUT2D eigenvalue weighted by Gasteiger charge is -1.88. The topological polar surface area (TPSA) is 34.1 Å². The fourth-order valence-electron chi connectivity index (χ4n) is 1.50. The third-order valence-electron chi connectivity index (χ3n) is 2.20. The van der Waals surface area contributed by atoms with E-state index in [-0.39, 0.29) is 10.9 Å². The van der Waals surface area contributed by atoms with Gasteiger partial charge < -0.3 is 0 Å². The molecule has 0 saturated carbocycles. The van der Waals surface area contributed by atoms with Crippen molar-refractivity contribution < 1.29 is 0 Å². The Morgan fingerprint density at radius 1 is 0.846 bits per heavy atom. The van der Waals surface area contributed by atoms with Crippen LogP contribution in [0.5, 0.6) is 0 Å². The van der Waals surface area contributed by atoms with Crippen LogP contribution in [0, 0.1) is 9.06 Å². The van der Waals surface area contributed by atoms with Gasteiger partial charge in [-0.05, 0) is 0 Å². The quantitative estimate of drug-likeness (QED) is 0.531. The maximum Gasteiger partial charge on any atom is 0.205 e. The molecule has 1 aliphatic heterocycles. The van der Waals surface area contributed by atoms with Gasteiger partial charge >= 0.3 is 0 Å². The van der Waals surface area contributed by atoms with Crippen LogP contribution in [0.3, 0.4) is 0 Å². The van der Waals surface area contributed by atoms with Crippen LogP contribution in [0.1, 0.15) is 0 Å². The summed E-state index contributed by atoms with van der Waals surface area (Å²) in [6.07, 6.45) is 0. The summed E-state index contributed by atoms with van der Waals surface area (Å²) in [5.74, 6) is 0. The van der Waals surface area contributed by atoms with Gasteiger partial charge in [0.15, 0.2) is 0 Å². The van der Waals surface area contributed by atoms with Crippen LogP contribution < -0.4 is 10.9 Å². The molecule has 62 valence electrons. The minimum atomic E-state index is 0.00944. The summed E-state index contributed by atoms with van der Waals surface area (Å²) in [5.41, 5.74) is 0.0189. The van der Waals surface area contributed by atoms with Crippen molar-refractivity contribution >= 4 is 22.1 Å². The van der Waals surface area contributed by atoms with Gasteiger partial charge in [0.05, 0.1) is 9.06 Å². The maximum absolute atomic E-state index is 11.6. The van der Waals surface area contributed by atoms with Crippen LogP contribution in [0.25, 0.3) is 10.8 Å². The Morgan fingerprint density at radius 2 is 1.31 bits per heavy atom. The third kappa shape index (κ3) is 0.769. The van der Waals surface area contributed by atoms with Crippen molar-refractivity contribution in [1.82, 2.24) is 0 Å². The van der Waals surface area contributed by atoms with Crippen LogP contribution in [-0.2, 0) is 0 Å². The zero-order valence-electron chi connectivity index (χ0n) is 6.53. The van der Waals surface area contributed by atoms with Gasteiger partial charge in [-0.2, -0.15) is 0 Å². The van der Waals surface area contributed by atoms with E-state index in [1.54, 1.807) is 24.3 Å². The van der Waals surface area contributed by atoms with E-state index < -0.39 is 0 Å². The lowest BCUT2D eigenvalue weighted by molar-refractivity contribution is 1.59. The summed E-state index contributed by atoms with van der Waals surface area (Å²) in [6.45, 7) is 0. The molecule has 0 unspecified atom stereocenters. The summed E-state index contributed by atoms with van der Waals surface area (Å²) in [5, 5.41) is 1.10. The molecule has 2 aliphatic rings. The smallest absolute Gasteiger partial charge is 0.205 e. The molecule has 3 heteroatoms. The molecule has 0 spiro atoms. The first-order valence-electron chi connectivity index (χ1n) is 3.89. The average molecular weight is 188 g/mol. The molecular formula is C10H4O2S. The molecular weight excluding hydrogens is 184 g/mol. The Balaban J connectivity index is 2.87. The largest absolute Gasteiger partial charge is 0.288 e. The number of benzene rings is 1. The van der Waals surface area contributed by atoms with Gasteiger partial charge in [-0.3, -0.25) is 9.59 Å². The van der Waals surface area contributed by atoms with E-state index in [0.717, 1.165) is 0 Å². The summed E-state index contributed by atoms with van der Waals surface area (Å²) < 4.78 is 1.28. The molecule has 1 aromatic rings. The first-order chi connectivity index (χ1) is 6.29. The predicted molar refractivity (Wildman–Crippen MR) is 52.0 cm³/mol. The monoisotopic (exact) mass is 188 g/mol. The molecule has 2 nitrogen and oxygen atoms in total. The van der Waals surface area contributed by atoms with Gasteiger partial charge in [0.1, 0.15) is 0 Å². The zero-order chi connectivity index (χ0) is 9.00. The Morgan fingerprint density at radius 3 is 1.77 bits per heavy atom. The molecule has 1 aliphatic carbocycles. The van der Waals surface area contributed by atoms with E-state index in [0.29, 0.717) is 19.8 Å². The van der Waals surface area contributed by atoms with Crippen LogP contribution >= 0.6 is 11.3 Å². The lowest BCUT2D eigenvalue weighted by Crippen LogP contribution is -2.07. The van der Waals surface area contributed by atoms with Crippen LogP contribution in [-0.4, -0.2) is 0 Å². The number of fused-ring (bicyclic) bond motifs is 1. The minimum absolute atomic E-state index is 0.00944. The first-order valence-corrected chi connectivity index (χ1v) is 4.71. The fourth-order valence-corrected chi connectivity index (χ4v) is 2.24. The minimum Gasteiger partial charge on any atom is -0.288 e. The number of hydrogen-bond donors (Lipinski definition) is 0. The van der Waals surface area contributed by atoms with Crippen molar-refractivity contribution in [3.63, 3.8) is 0 Å². The Bertz CT molecular complexity index is 667.